The molecule has 3 unspecified atom stereocenters. The Kier molecular flexibility index (Phi) is 3.09. The standard InChI is InChI=1S/C13H23N3O/c1-2-10-7-14-8-12(10)15-5-6-16-11(9-15)3-4-13(16)17/h10-12,14H,2-9H2,1H3. The zero-order valence-corrected chi connectivity index (χ0v) is 10.7. The second-order valence-electron chi connectivity index (χ2n) is 5.67. The van der Waals surface area contributed by atoms with Crippen LogP contribution in [0.3, 0.4) is 0 Å². The van der Waals surface area contributed by atoms with Crippen LogP contribution in [0, 0.1) is 5.92 Å². The van der Waals surface area contributed by atoms with Crippen LogP contribution < -0.4 is 5.32 Å². The summed E-state index contributed by atoms with van der Waals surface area (Å²) >= 11 is 0. The van der Waals surface area contributed by atoms with Crippen LogP contribution in [0.15, 0.2) is 0 Å². The molecule has 0 spiro atoms. The molecule has 3 aliphatic rings. The SMILES string of the molecule is CCC1CNCC1N1CCN2C(=O)CCC2C1. The predicted molar refractivity (Wildman–Crippen MR) is 66.7 cm³/mol. The zero-order valence-electron chi connectivity index (χ0n) is 10.7. The van der Waals surface area contributed by atoms with Gasteiger partial charge in [0, 0.05) is 44.7 Å². The monoisotopic (exact) mass is 237 g/mol. The fraction of sp³-hybridized carbons (Fsp3) is 0.923. The van der Waals surface area contributed by atoms with E-state index in [1.165, 1.54) is 13.0 Å². The first-order valence-electron chi connectivity index (χ1n) is 7.04. The summed E-state index contributed by atoms with van der Waals surface area (Å²) in [6.07, 6.45) is 3.12. The molecule has 96 valence electrons. The largest absolute Gasteiger partial charge is 0.337 e. The Labute approximate surface area is 103 Å². The minimum Gasteiger partial charge on any atom is -0.337 e. The van der Waals surface area contributed by atoms with Crippen LogP contribution in [0.5, 0.6) is 0 Å². The molecule has 1 amide bonds. The number of hydrogen-bond acceptors (Lipinski definition) is 3. The lowest BCUT2D eigenvalue weighted by atomic mass is 9.97. The Hall–Kier alpha value is -0.610. The van der Waals surface area contributed by atoms with E-state index >= 15 is 0 Å². The first-order chi connectivity index (χ1) is 8.29. The van der Waals surface area contributed by atoms with Crippen molar-refractivity contribution < 1.29 is 4.79 Å². The third kappa shape index (κ3) is 1.97. The molecule has 0 aromatic heterocycles. The maximum atomic E-state index is 11.7. The molecule has 0 radical (unpaired) electrons. The van der Waals surface area contributed by atoms with E-state index in [2.05, 4.69) is 22.0 Å². The van der Waals surface area contributed by atoms with Gasteiger partial charge < -0.3 is 10.2 Å². The van der Waals surface area contributed by atoms with Gasteiger partial charge in [0.15, 0.2) is 0 Å². The Morgan fingerprint density at radius 3 is 3.06 bits per heavy atom. The average Bonchev–Trinajstić information content (AvgIpc) is 2.96. The number of nitrogens with zero attached hydrogens (tertiary/aromatic N) is 2. The number of carbonyl (C=O) groups excluding carboxylic acids is 1. The minimum absolute atomic E-state index is 0.381. The lowest BCUT2D eigenvalue weighted by Gasteiger charge is -2.42. The molecule has 0 aliphatic carbocycles. The van der Waals surface area contributed by atoms with Gasteiger partial charge in [-0.25, -0.2) is 0 Å². The molecular formula is C13H23N3O. The van der Waals surface area contributed by atoms with E-state index in [9.17, 15) is 4.79 Å². The first-order valence-corrected chi connectivity index (χ1v) is 7.04. The van der Waals surface area contributed by atoms with Crippen molar-refractivity contribution in [3.8, 4) is 0 Å². The maximum absolute atomic E-state index is 11.7. The molecule has 3 fully saturated rings. The van der Waals surface area contributed by atoms with E-state index in [1.807, 2.05) is 0 Å². The van der Waals surface area contributed by atoms with Gasteiger partial charge in [-0.2, -0.15) is 0 Å². The highest BCUT2D eigenvalue weighted by Gasteiger charge is 2.39. The van der Waals surface area contributed by atoms with Gasteiger partial charge in [0.1, 0.15) is 0 Å². The summed E-state index contributed by atoms with van der Waals surface area (Å²) in [5.74, 6) is 1.19. The number of amides is 1. The van der Waals surface area contributed by atoms with Gasteiger partial charge in [-0.15, -0.1) is 0 Å². The molecule has 3 rings (SSSR count). The summed E-state index contributed by atoms with van der Waals surface area (Å²) in [7, 11) is 0. The van der Waals surface area contributed by atoms with Crippen molar-refractivity contribution in [2.24, 2.45) is 5.92 Å². The highest BCUT2D eigenvalue weighted by molar-refractivity contribution is 5.78. The van der Waals surface area contributed by atoms with Gasteiger partial charge in [-0.3, -0.25) is 9.69 Å². The zero-order chi connectivity index (χ0) is 11.8. The number of carbonyl (C=O) groups is 1. The van der Waals surface area contributed by atoms with E-state index in [1.54, 1.807) is 0 Å². The summed E-state index contributed by atoms with van der Waals surface area (Å²) in [6, 6.07) is 1.22. The van der Waals surface area contributed by atoms with Crippen LogP contribution in [0.4, 0.5) is 0 Å². The summed E-state index contributed by atoms with van der Waals surface area (Å²) in [4.78, 5) is 16.4. The van der Waals surface area contributed by atoms with Crippen molar-refractivity contribution in [2.45, 2.75) is 38.3 Å². The van der Waals surface area contributed by atoms with Crippen molar-refractivity contribution in [1.29, 1.82) is 0 Å². The van der Waals surface area contributed by atoms with Crippen molar-refractivity contribution >= 4 is 5.91 Å². The van der Waals surface area contributed by atoms with E-state index in [0.717, 1.165) is 44.9 Å². The fourth-order valence-electron chi connectivity index (χ4n) is 3.75. The fourth-order valence-corrected chi connectivity index (χ4v) is 3.75. The van der Waals surface area contributed by atoms with Gasteiger partial charge in [0.05, 0.1) is 0 Å². The molecular weight excluding hydrogens is 214 g/mol. The van der Waals surface area contributed by atoms with Crippen molar-refractivity contribution in [1.82, 2.24) is 15.1 Å². The molecule has 0 bridgehead atoms. The maximum Gasteiger partial charge on any atom is 0.222 e. The van der Waals surface area contributed by atoms with E-state index < -0.39 is 0 Å². The van der Waals surface area contributed by atoms with Gasteiger partial charge in [-0.1, -0.05) is 13.3 Å². The molecule has 4 heteroatoms. The van der Waals surface area contributed by atoms with Crippen LogP contribution in [0.2, 0.25) is 0 Å². The Morgan fingerprint density at radius 2 is 2.24 bits per heavy atom. The Bertz CT molecular complexity index is 307. The molecule has 0 saturated carbocycles. The molecule has 3 heterocycles. The molecule has 0 aromatic rings. The number of piperazine rings is 1. The van der Waals surface area contributed by atoms with E-state index in [-0.39, 0.29) is 0 Å². The topological polar surface area (TPSA) is 35.6 Å². The quantitative estimate of drug-likeness (QED) is 0.750. The molecule has 3 atom stereocenters. The molecule has 1 N–H and O–H groups in total. The van der Waals surface area contributed by atoms with Gasteiger partial charge >= 0.3 is 0 Å². The smallest absolute Gasteiger partial charge is 0.222 e. The second kappa shape index (κ2) is 4.58. The van der Waals surface area contributed by atoms with Crippen LogP contribution in [-0.2, 0) is 4.79 Å². The highest BCUT2D eigenvalue weighted by Crippen LogP contribution is 2.27. The number of rotatable bonds is 2. The Morgan fingerprint density at radius 1 is 1.35 bits per heavy atom. The average molecular weight is 237 g/mol. The van der Waals surface area contributed by atoms with Crippen LogP contribution in [0.1, 0.15) is 26.2 Å². The molecule has 3 saturated heterocycles. The predicted octanol–water partition coefficient (Wildman–Crippen LogP) is 0.291. The number of fused-ring (bicyclic) bond motifs is 1. The normalized spacial score (nSPS) is 38.8. The lowest BCUT2D eigenvalue weighted by Crippen LogP contribution is -2.56. The van der Waals surface area contributed by atoms with Crippen molar-refractivity contribution in [2.75, 3.05) is 32.7 Å². The molecule has 17 heavy (non-hydrogen) atoms. The Balaban J connectivity index is 1.65. The lowest BCUT2D eigenvalue weighted by molar-refractivity contribution is -0.131. The molecule has 0 aromatic carbocycles. The van der Waals surface area contributed by atoms with E-state index in [0.29, 0.717) is 18.0 Å². The summed E-state index contributed by atoms with van der Waals surface area (Å²) in [6.45, 7) is 7.74. The van der Waals surface area contributed by atoms with E-state index in [4.69, 9.17) is 0 Å². The van der Waals surface area contributed by atoms with Crippen LogP contribution in [0.25, 0.3) is 0 Å². The molecule has 3 aliphatic heterocycles. The third-order valence-corrected chi connectivity index (χ3v) is 4.82. The second-order valence-corrected chi connectivity index (χ2v) is 5.67. The summed E-state index contributed by atoms with van der Waals surface area (Å²) in [5.41, 5.74) is 0. The number of nitrogens with one attached hydrogen (secondary N) is 1. The first kappa shape index (κ1) is 11.5. The summed E-state index contributed by atoms with van der Waals surface area (Å²) in [5, 5.41) is 3.52. The van der Waals surface area contributed by atoms with Crippen LogP contribution in [-0.4, -0.2) is 60.5 Å². The number of hydrogen-bond donors (Lipinski definition) is 1. The van der Waals surface area contributed by atoms with Crippen LogP contribution >= 0.6 is 0 Å². The van der Waals surface area contributed by atoms with Gasteiger partial charge in [-0.05, 0) is 18.9 Å². The van der Waals surface area contributed by atoms with Crippen molar-refractivity contribution in [3.05, 3.63) is 0 Å². The minimum atomic E-state index is 0.381. The van der Waals surface area contributed by atoms with Gasteiger partial charge in [0.2, 0.25) is 5.91 Å². The highest BCUT2D eigenvalue weighted by atomic mass is 16.2. The molecule has 4 nitrogen and oxygen atoms in total. The third-order valence-electron chi connectivity index (χ3n) is 4.82. The van der Waals surface area contributed by atoms with Gasteiger partial charge in [0.25, 0.3) is 0 Å². The van der Waals surface area contributed by atoms with Crippen molar-refractivity contribution in [3.63, 3.8) is 0 Å². The summed E-state index contributed by atoms with van der Waals surface area (Å²) < 4.78 is 0.